The van der Waals surface area contributed by atoms with Crippen LogP contribution in [0.3, 0.4) is 0 Å². The first-order chi connectivity index (χ1) is 14.2. The Morgan fingerprint density at radius 3 is 2.76 bits per heavy atom. The summed E-state index contributed by atoms with van der Waals surface area (Å²) in [7, 11) is 0. The van der Waals surface area contributed by atoms with Crippen molar-refractivity contribution in [3.63, 3.8) is 0 Å². The lowest BCUT2D eigenvalue weighted by Crippen LogP contribution is -2.14. The van der Waals surface area contributed by atoms with Crippen LogP contribution in [0.2, 0.25) is 0 Å². The van der Waals surface area contributed by atoms with Gasteiger partial charge in [0.1, 0.15) is 0 Å². The molecule has 148 valence electrons. The van der Waals surface area contributed by atoms with Gasteiger partial charge >= 0.3 is 0 Å². The topological polar surface area (TPSA) is 72.7 Å². The lowest BCUT2D eigenvalue weighted by molar-refractivity contribution is -0.113. The summed E-state index contributed by atoms with van der Waals surface area (Å²) in [6, 6.07) is 10.3. The molecule has 0 fully saturated rings. The summed E-state index contributed by atoms with van der Waals surface area (Å²) in [5.41, 5.74) is 3.44. The molecule has 0 spiro atoms. The van der Waals surface area contributed by atoms with E-state index in [0.717, 1.165) is 23.1 Å². The van der Waals surface area contributed by atoms with Crippen LogP contribution in [0.5, 0.6) is 0 Å². The Morgan fingerprint density at radius 1 is 1.21 bits per heavy atom. The van der Waals surface area contributed by atoms with Crippen molar-refractivity contribution in [2.24, 2.45) is 0 Å². The number of hydrogen-bond acceptors (Lipinski definition) is 7. The number of hydrogen-bond donors (Lipinski definition) is 1. The van der Waals surface area contributed by atoms with Crippen molar-refractivity contribution in [1.82, 2.24) is 19.7 Å². The number of amides is 1. The van der Waals surface area contributed by atoms with Gasteiger partial charge in [0.2, 0.25) is 5.91 Å². The second-order valence-corrected chi connectivity index (χ2v) is 9.09. The maximum absolute atomic E-state index is 12.2. The summed E-state index contributed by atoms with van der Waals surface area (Å²) in [5.74, 6) is 0.985. The minimum Gasteiger partial charge on any atom is -0.302 e. The average Bonchev–Trinajstić information content (AvgIpc) is 3.46. The van der Waals surface area contributed by atoms with E-state index in [1.165, 1.54) is 39.1 Å². The highest BCUT2D eigenvalue weighted by Gasteiger charge is 2.20. The largest absolute Gasteiger partial charge is 0.302 e. The molecule has 3 heterocycles. The number of thiophene rings is 1. The summed E-state index contributed by atoms with van der Waals surface area (Å²) in [6.07, 6.45) is 1.67. The molecule has 0 saturated carbocycles. The van der Waals surface area contributed by atoms with Gasteiger partial charge in [-0.05, 0) is 19.4 Å². The molecule has 0 aliphatic carbocycles. The zero-order valence-electron chi connectivity index (χ0n) is 16.0. The van der Waals surface area contributed by atoms with Crippen molar-refractivity contribution < 1.29 is 4.79 Å². The van der Waals surface area contributed by atoms with E-state index in [9.17, 15) is 4.79 Å². The third-order valence-corrected chi connectivity index (χ3v) is 6.89. The monoisotopic (exact) mass is 441 g/mol. The first-order valence-corrected chi connectivity index (χ1v) is 11.8. The van der Waals surface area contributed by atoms with Crippen molar-refractivity contribution in [3.8, 4) is 22.5 Å². The first-order valence-electron chi connectivity index (χ1n) is 9.06. The number of aryl methyl sites for hydroxylation is 1. The molecule has 1 amide bonds. The van der Waals surface area contributed by atoms with Crippen LogP contribution in [-0.4, -0.2) is 31.4 Å². The van der Waals surface area contributed by atoms with Crippen molar-refractivity contribution in [3.05, 3.63) is 52.2 Å². The van der Waals surface area contributed by atoms with Crippen LogP contribution >= 0.6 is 34.4 Å². The maximum Gasteiger partial charge on any atom is 0.236 e. The van der Waals surface area contributed by atoms with Gasteiger partial charge in [-0.15, -0.1) is 32.9 Å². The Labute approximate surface area is 181 Å². The fourth-order valence-electron chi connectivity index (χ4n) is 3.03. The molecular weight excluding hydrogens is 422 g/mol. The average molecular weight is 442 g/mol. The van der Waals surface area contributed by atoms with E-state index in [1.54, 1.807) is 17.5 Å². The number of nitrogens with one attached hydrogen (secondary N) is 1. The minimum absolute atomic E-state index is 0.103. The Balaban J connectivity index is 1.58. The van der Waals surface area contributed by atoms with Gasteiger partial charge in [0.15, 0.2) is 16.1 Å². The normalized spacial score (nSPS) is 11.0. The molecule has 9 heteroatoms. The third-order valence-electron chi connectivity index (χ3n) is 4.32. The van der Waals surface area contributed by atoms with E-state index >= 15 is 0 Å². The zero-order valence-corrected chi connectivity index (χ0v) is 18.4. The van der Waals surface area contributed by atoms with Crippen LogP contribution in [0.25, 0.3) is 22.5 Å². The highest BCUT2D eigenvalue weighted by atomic mass is 32.2. The molecule has 4 aromatic rings. The van der Waals surface area contributed by atoms with Crippen LogP contribution < -0.4 is 5.32 Å². The number of carbonyl (C=O) groups is 1. The number of thioether (sulfide) groups is 1. The van der Waals surface area contributed by atoms with Crippen LogP contribution in [-0.2, 0) is 11.3 Å². The number of thiazole rings is 1. The van der Waals surface area contributed by atoms with Gasteiger partial charge in [0.25, 0.3) is 0 Å². The van der Waals surface area contributed by atoms with Crippen LogP contribution in [0.15, 0.2) is 52.4 Å². The SMILES string of the molecule is CCn1c(SCC(=O)Nc2nccs2)nnc1-c1csc(C)c1-c1ccccc1. The molecule has 6 nitrogen and oxygen atoms in total. The van der Waals surface area contributed by atoms with Gasteiger partial charge < -0.3 is 9.88 Å². The minimum atomic E-state index is -0.103. The van der Waals surface area contributed by atoms with Gasteiger partial charge in [-0.3, -0.25) is 4.79 Å². The number of aromatic nitrogens is 4. The summed E-state index contributed by atoms with van der Waals surface area (Å²) in [6.45, 7) is 4.91. The van der Waals surface area contributed by atoms with E-state index in [1.807, 2.05) is 23.6 Å². The van der Waals surface area contributed by atoms with Crippen LogP contribution in [0, 0.1) is 6.92 Å². The fourth-order valence-corrected chi connectivity index (χ4v) is 5.24. The third kappa shape index (κ3) is 4.26. The molecule has 0 unspecified atom stereocenters. The summed E-state index contributed by atoms with van der Waals surface area (Å²) >= 11 is 4.49. The molecule has 1 N–H and O–H groups in total. The number of benzene rings is 1. The van der Waals surface area contributed by atoms with E-state index in [0.29, 0.717) is 5.13 Å². The lowest BCUT2D eigenvalue weighted by Gasteiger charge is -2.09. The fraction of sp³-hybridized carbons (Fsp3) is 0.200. The predicted octanol–water partition coefficient (Wildman–Crippen LogP) is 5.19. The smallest absolute Gasteiger partial charge is 0.236 e. The zero-order chi connectivity index (χ0) is 20.2. The quantitative estimate of drug-likeness (QED) is 0.400. The Morgan fingerprint density at radius 2 is 2.03 bits per heavy atom. The molecule has 0 radical (unpaired) electrons. The molecule has 0 bridgehead atoms. The lowest BCUT2D eigenvalue weighted by atomic mass is 10.0. The van der Waals surface area contributed by atoms with Gasteiger partial charge in [-0.1, -0.05) is 42.1 Å². The molecule has 0 aliphatic heterocycles. The Hall–Kier alpha value is -2.49. The van der Waals surface area contributed by atoms with Gasteiger partial charge in [0.05, 0.1) is 5.75 Å². The highest BCUT2D eigenvalue weighted by Crippen LogP contribution is 2.39. The Bertz CT molecular complexity index is 1100. The van der Waals surface area contributed by atoms with Crippen molar-refractivity contribution in [1.29, 1.82) is 0 Å². The Kier molecular flexibility index (Phi) is 6.08. The maximum atomic E-state index is 12.2. The van der Waals surface area contributed by atoms with Gasteiger partial charge in [-0.25, -0.2) is 4.98 Å². The first kappa shape index (κ1) is 19.8. The summed E-state index contributed by atoms with van der Waals surface area (Å²) < 4.78 is 2.06. The number of rotatable bonds is 7. The molecule has 3 aromatic heterocycles. The van der Waals surface area contributed by atoms with Crippen LogP contribution in [0.1, 0.15) is 11.8 Å². The molecule has 0 aliphatic rings. The van der Waals surface area contributed by atoms with E-state index in [4.69, 9.17) is 0 Å². The van der Waals surface area contributed by atoms with E-state index in [-0.39, 0.29) is 11.7 Å². The van der Waals surface area contributed by atoms with Crippen molar-refractivity contribution in [2.75, 3.05) is 11.1 Å². The second-order valence-electron chi connectivity index (χ2n) is 6.17. The molecule has 0 atom stereocenters. The van der Waals surface area contributed by atoms with Crippen molar-refractivity contribution >= 4 is 45.5 Å². The number of nitrogens with zero attached hydrogens (tertiary/aromatic N) is 4. The molecule has 4 rings (SSSR count). The molecule has 29 heavy (non-hydrogen) atoms. The standard InChI is InChI=1S/C20H19N5OS3/c1-3-25-18(15-11-28-13(2)17(15)14-7-5-4-6-8-14)23-24-20(25)29-12-16(26)22-19-21-9-10-27-19/h4-11H,3,12H2,1-2H3,(H,21,22,26). The molecular formula is C20H19N5OS3. The number of carbonyl (C=O) groups excluding carboxylic acids is 1. The summed E-state index contributed by atoms with van der Waals surface area (Å²) in [4.78, 5) is 17.5. The van der Waals surface area contributed by atoms with E-state index < -0.39 is 0 Å². The van der Waals surface area contributed by atoms with Gasteiger partial charge in [0, 0.05) is 39.5 Å². The molecule has 1 aromatic carbocycles. The summed E-state index contributed by atoms with van der Waals surface area (Å²) in [5, 5.41) is 16.9. The second kappa shape index (κ2) is 8.89. The number of anilines is 1. The van der Waals surface area contributed by atoms with Crippen LogP contribution in [0.4, 0.5) is 5.13 Å². The van der Waals surface area contributed by atoms with Gasteiger partial charge in [-0.2, -0.15) is 0 Å². The van der Waals surface area contributed by atoms with Crippen molar-refractivity contribution in [2.45, 2.75) is 25.5 Å². The predicted molar refractivity (Wildman–Crippen MR) is 121 cm³/mol. The molecule has 0 saturated heterocycles. The highest BCUT2D eigenvalue weighted by molar-refractivity contribution is 7.99. The van der Waals surface area contributed by atoms with E-state index in [2.05, 4.69) is 56.4 Å².